The van der Waals surface area contributed by atoms with Gasteiger partial charge >= 0.3 is 18.8 Å². The summed E-state index contributed by atoms with van der Waals surface area (Å²) in [7, 11) is 0. The summed E-state index contributed by atoms with van der Waals surface area (Å²) >= 11 is 0. The van der Waals surface area contributed by atoms with Crippen molar-refractivity contribution >= 4 is 5.97 Å². The minimum atomic E-state index is -4.68. The largest absolute Gasteiger partial charge is 0.478 e. The zero-order valence-electron chi connectivity index (χ0n) is 11.3. The molecule has 3 nitrogen and oxygen atoms in total. The Balaban J connectivity index is 2.64. The molecule has 0 aliphatic carbocycles. The van der Waals surface area contributed by atoms with Crippen molar-refractivity contribution in [2.45, 2.75) is 12.8 Å². The Hall–Kier alpha value is -2.64. The average Bonchev–Trinajstić information content (AvgIpc) is 2.45. The summed E-state index contributed by atoms with van der Waals surface area (Å²) in [6.45, 7) is -3.23. The summed E-state index contributed by atoms with van der Waals surface area (Å²) in [5.74, 6) is -2.01. The quantitative estimate of drug-likeness (QED) is 0.828. The number of aromatic carboxylic acids is 1. The van der Waals surface area contributed by atoms with Crippen molar-refractivity contribution in [3.05, 3.63) is 53.6 Å². The zero-order chi connectivity index (χ0) is 17.2. The maximum absolute atomic E-state index is 13.0. The van der Waals surface area contributed by atoms with Crippen molar-refractivity contribution in [2.24, 2.45) is 0 Å². The molecule has 0 heterocycles. The van der Waals surface area contributed by atoms with Crippen LogP contribution in [0.5, 0.6) is 5.75 Å². The van der Waals surface area contributed by atoms with Crippen molar-refractivity contribution in [3.8, 4) is 16.9 Å². The van der Waals surface area contributed by atoms with E-state index in [9.17, 15) is 26.7 Å². The molecule has 0 spiro atoms. The van der Waals surface area contributed by atoms with Gasteiger partial charge in [0.2, 0.25) is 0 Å². The minimum Gasteiger partial charge on any atom is -0.478 e. The highest BCUT2D eigenvalue weighted by Gasteiger charge is 2.33. The monoisotopic (exact) mass is 332 g/mol. The van der Waals surface area contributed by atoms with Gasteiger partial charge < -0.3 is 9.84 Å². The molecule has 0 aromatic heterocycles. The van der Waals surface area contributed by atoms with Gasteiger partial charge in [0.1, 0.15) is 5.75 Å². The third kappa shape index (κ3) is 3.97. The molecule has 23 heavy (non-hydrogen) atoms. The van der Waals surface area contributed by atoms with Gasteiger partial charge in [0.05, 0.1) is 11.1 Å². The standard InChI is InChI=1S/C15H9F5O3/c16-14(17)23-10-6-8(5-9(7-10)13(21)22)11-3-1-2-4-12(11)15(18,19)20/h1-7,14H,(H,21,22). The lowest BCUT2D eigenvalue weighted by molar-refractivity contribution is -0.137. The fraction of sp³-hybridized carbons (Fsp3) is 0.133. The second kappa shape index (κ2) is 6.23. The van der Waals surface area contributed by atoms with Gasteiger partial charge in [-0.05, 0) is 35.4 Å². The fourth-order valence-corrected chi connectivity index (χ4v) is 2.03. The third-order valence-electron chi connectivity index (χ3n) is 2.92. The van der Waals surface area contributed by atoms with Crippen LogP contribution in [0.3, 0.4) is 0 Å². The predicted octanol–water partition coefficient (Wildman–Crippen LogP) is 4.67. The summed E-state index contributed by atoms with van der Waals surface area (Å²) in [6.07, 6.45) is -4.68. The average molecular weight is 332 g/mol. The van der Waals surface area contributed by atoms with Gasteiger partial charge in [-0.15, -0.1) is 0 Å². The topological polar surface area (TPSA) is 46.5 Å². The van der Waals surface area contributed by atoms with E-state index in [2.05, 4.69) is 4.74 Å². The molecule has 0 bridgehead atoms. The van der Waals surface area contributed by atoms with E-state index in [1.54, 1.807) is 0 Å². The van der Waals surface area contributed by atoms with E-state index in [1.165, 1.54) is 12.1 Å². The van der Waals surface area contributed by atoms with Crippen LogP contribution in [0, 0.1) is 0 Å². The van der Waals surface area contributed by atoms with Crippen LogP contribution in [0.1, 0.15) is 15.9 Å². The van der Waals surface area contributed by atoms with Crippen LogP contribution >= 0.6 is 0 Å². The molecule has 2 aromatic rings. The molecular weight excluding hydrogens is 323 g/mol. The first-order valence-electron chi connectivity index (χ1n) is 6.18. The highest BCUT2D eigenvalue weighted by molar-refractivity contribution is 5.90. The Bertz CT molecular complexity index is 725. The molecule has 0 aliphatic rings. The Kier molecular flexibility index (Phi) is 4.53. The van der Waals surface area contributed by atoms with E-state index < -0.39 is 35.6 Å². The zero-order valence-corrected chi connectivity index (χ0v) is 11.3. The van der Waals surface area contributed by atoms with E-state index in [0.717, 1.165) is 30.3 Å². The van der Waals surface area contributed by atoms with Gasteiger partial charge in [0.25, 0.3) is 0 Å². The molecule has 0 saturated heterocycles. The molecule has 8 heteroatoms. The Morgan fingerprint density at radius 1 is 1.09 bits per heavy atom. The number of carboxylic acids is 1. The lowest BCUT2D eigenvalue weighted by atomic mass is 9.97. The fourth-order valence-electron chi connectivity index (χ4n) is 2.03. The molecular formula is C15H9F5O3. The van der Waals surface area contributed by atoms with E-state index >= 15 is 0 Å². The number of ether oxygens (including phenoxy) is 1. The lowest BCUT2D eigenvalue weighted by Gasteiger charge is -2.14. The van der Waals surface area contributed by atoms with Crippen molar-refractivity contribution in [2.75, 3.05) is 0 Å². The van der Waals surface area contributed by atoms with E-state index in [0.29, 0.717) is 0 Å². The van der Waals surface area contributed by atoms with Crippen molar-refractivity contribution in [3.63, 3.8) is 0 Å². The first kappa shape index (κ1) is 16.7. The minimum absolute atomic E-state index is 0.187. The van der Waals surface area contributed by atoms with Crippen molar-refractivity contribution in [1.82, 2.24) is 0 Å². The van der Waals surface area contributed by atoms with E-state index in [4.69, 9.17) is 5.11 Å². The molecule has 0 aliphatic heterocycles. The van der Waals surface area contributed by atoms with Gasteiger partial charge in [-0.2, -0.15) is 22.0 Å². The first-order chi connectivity index (χ1) is 10.7. The second-order valence-corrected chi connectivity index (χ2v) is 4.47. The van der Waals surface area contributed by atoms with Crippen molar-refractivity contribution < 1.29 is 36.6 Å². The maximum Gasteiger partial charge on any atom is 0.417 e. The highest BCUT2D eigenvalue weighted by Crippen LogP contribution is 2.38. The summed E-state index contributed by atoms with van der Waals surface area (Å²) in [4.78, 5) is 11.0. The van der Waals surface area contributed by atoms with Gasteiger partial charge in [-0.25, -0.2) is 4.79 Å². The molecule has 0 radical (unpaired) electrons. The van der Waals surface area contributed by atoms with E-state index in [1.807, 2.05) is 0 Å². The highest BCUT2D eigenvalue weighted by atomic mass is 19.4. The van der Waals surface area contributed by atoms with Crippen LogP contribution in [0.4, 0.5) is 22.0 Å². The number of hydrogen-bond acceptors (Lipinski definition) is 2. The third-order valence-corrected chi connectivity index (χ3v) is 2.92. The van der Waals surface area contributed by atoms with Crippen LogP contribution in [-0.4, -0.2) is 17.7 Å². The van der Waals surface area contributed by atoms with Crippen LogP contribution in [0.15, 0.2) is 42.5 Å². The number of rotatable bonds is 4. The SMILES string of the molecule is O=C(O)c1cc(OC(F)F)cc(-c2ccccc2C(F)(F)F)c1. The van der Waals surface area contributed by atoms with Crippen LogP contribution in [0.2, 0.25) is 0 Å². The van der Waals surface area contributed by atoms with Gasteiger partial charge in [-0.1, -0.05) is 18.2 Å². The molecule has 2 aromatic carbocycles. The summed E-state index contributed by atoms with van der Waals surface area (Å²) < 4.78 is 67.8. The van der Waals surface area contributed by atoms with Gasteiger partial charge in [0.15, 0.2) is 0 Å². The number of carbonyl (C=O) groups is 1. The number of alkyl halides is 5. The van der Waals surface area contributed by atoms with Crippen molar-refractivity contribution in [1.29, 1.82) is 0 Å². The first-order valence-corrected chi connectivity index (χ1v) is 6.18. The summed E-state index contributed by atoms with van der Waals surface area (Å²) in [6, 6.07) is 7.14. The lowest BCUT2D eigenvalue weighted by Crippen LogP contribution is -2.08. The van der Waals surface area contributed by atoms with Gasteiger partial charge in [0, 0.05) is 0 Å². The van der Waals surface area contributed by atoms with Crippen LogP contribution in [0.25, 0.3) is 11.1 Å². The Morgan fingerprint density at radius 3 is 2.30 bits per heavy atom. The Morgan fingerprint density at radius 2 is 1.74 bits per heavy atom. The molecule has 0 amide bonds. The Labute approximate surface area is 126 Å². The summed E-state index contributed by atoms with van der Waals surface area (Å²) in [5.41, 5.74) is -1.99. The normalized spacial score (nSPS) is 11.6. The number of hydrogen-bond donors (Lipinski definition) is 1. The number of halogens is 5. The molecule has 0 saturated carbocycles. The second-order valence-electron chi connectivity index (χ2n) is 4.47. The van der Waals surface area contributed by atoms with Gasteiger partial charge in [-0.3, -0.25) is 0 Å². The predicted molar refractivity (Wildman–Crippen MR) is 70.5 cm³/mol. The molecule has 1 N–H and O–H groups in total. The molecule has 2 rings (SSSR count). The molecule has 0 unspecified atom stereocenters. The number of benzene rings is 2. The number of carboxylic acid groups (broad SMARTS) is 1. The molecule has 0 atom stereocenters. The van der Waals surface area contributed by atoms with E-state index in [-0.39, 0.29) is 11.1 Å². The smallest absolute Gasteiger partial charge is 0.417 e. The maximum atomic E-state index is 13.0. The summed E-state index contributed by atoms with van der Waals surface area (Å²) in [5, 5.41) is 8.98. The molecule has 122 valence electrons. The van der Waals surface area contributed by atoms with Crippen LogP contribution < -0.4 is 4.74 Å². The molecule has 0 fully saturated rings. The van der Waals surface area contributed by atoms with Crippen LogP contribution in [-0.2, 0) is 6.18 Å².